The normalized spacial score (nSPS) is 26.8. The van der Waals surface area contributed by atoms with Crippen LogP contribution in [0.1, 0.15) is 46.0 Å². The number of halogens is 1. The van der Waals surface area contributed by atoms with Crippen molar-refractivity contribution >= 4 is 7.32 Å². The molecule has 0 radical (unpaired) electrons. The van der Waals surface area contributed by atoms with Gasteiger partial charge < -0.3 is 19.4 Å². The van der Waals surface area contributed by atoms with Crippen LogP contribution in [0.2, 0.25) is 0 Å². The predicted molar refractivity (Wildman–Crippen MR) is 76.5 cm³/mol. The molecule has 20 heavy (non-hydrogen) atoms. The minimum atomic E-state index is -2.09. The highest BCUT2D eigenvalue weighted by Crippen LogP contribution is 2.30. The van der Waals surface area contributed by atoms with Crippen LogP contribution in [0.3, 0.4) is 0 Å². The maximum absolute atomic E-state index is 14.1. The third-order valence-corrected chi connectivity index (χ3v) is 3.24. The Balaban J connectivity index is 2.57. The van der Waals surface area contributed by atoms with E-state index in [-0.39, 0.29) is 6.10 Å². The van der Waals surface area contributed by atoms with Gasteiger partial charge in [0.1, 0.15) is 0 Å². The molecule has 114 valence electrons. The monoisotopic (exact) mass is 286 g/mol. The molecule has 0 bridgehead atoms. The molecule has 3 unspecified atom stereocenters. The molecule has 1 rings (SSSR count). The topological polar surface area (TPSA) is 58.9 Å². The van der Waals surface area contributed by atoms with Crippen LogP contribution in [0.15, 0.2) is 24.3 Å². The first-order valence-electron chi connectivity index (χ1n) is 7.22. The van der Waals surface area contributed by atoms with E-state index in [9.17, 15) is 4.39 Å². The molecule has 0 aliphatic heterocycles. The molecule has 0 aromatic heterocycles. The number of hydrogen-bond donors (Lipinski definition) is 2. The number of unbranched alkanes of at least 4 members (excludes halogenated alkanes) is 3. The zero-order valence-electron chi connectivity index (χ0n) is 12.2. The molecule has 4 nitrogen and oxygen atoms in total. The smallest absolute Gasteiger partial charge is 0.402 e. The molecule has 1 aliphatic carbocycles. The van der Waals surface area contributed by atoms with E-state index in [1.807, 2.05) is 6.92 Å². The third kappa shape index (κ3) is 5.36. The summed E-state index contributed by atoms with van der Waals surface area (Å²) in [5.74, 6) is -1.76. The number of allylic oxidation sites excluding steroid dienone is 2. The zero-order chi connectivity index (χ0) is 15.0. The van der Waals surface area contributed by atoms with Gasteiger partial charge in [-0.05, 0) is 25.5 Å². The molecule has 6 heteroatoms. The number of rotatable bonds is 9. The molecule has 0 saturated heterocycles. The van der Waals surface area contributed by atoms with E-state index in [2.05, 4.69) is 6.92 Å². The second-order valence-electron chi connectivity index (χ2n) is 5.09. The van der Waals surface area contributed by atoms with Gasteiger partial charge in [-0.1, -0.05) is 44.8 Å². The van der Waals surface area contributed by atoms with Crippen molar-refractivity contribution in [3.63, 3.8) is 0 Å². The molecule has 0 fully saturated rings. The Kier molecular flexibility index (Phi) is 7.44. The summed E-state index contributed by atoms with van der Waals surface area (Å²) in [5, 5.41) is 18.0. The van der Waals surface area contributed by atoms with E-state index in [0.717, 1.165) is 32.1 Å². The largest absolute Gasteiger partial charge is 0.636 e. The van der Waals surface area contributed by atoms with Gasteiger partial charge in [0.05, 0.1) is 6.10 Å². The molecule has 3 atom stereocenters. The number of hydrogen-bond acceptors (Lipinski definition) is 4. The summed E-state index contributed by atoms with van der Waals surface area (Å²) in [7, 11) is -2.09. The van der Waals surface area contributed by atoms with Crippen molar-refractivity contribution in [1.82, 2.24) is 0 Å². The van der Waals surface area contributed by atoms with Gasteiger partial charge in [-0.3, -0.25) is 0 Å². The fraction of sp³-hybridized carbons (Fsp3) is 0.714. The Labute approximate surface area is 120 Å². The van der Waals surface area contributed by atoms with Crippen LogP contribution in [0.4, 0.5) is 4.39 Å². The average molecular weight is 286 g/mol. The van der Waals surface area contributed by atoms with E-state index in [0.29, 0.717) is 0 Å². The standard InChI is InChI=1S/C14H24BFO4/c1-3-4-5-6-9-12(2)19-14(20-15(17)18)11-8-7-10-13(14)16/h7-8,10-13,17-18H,3-6,9H2,1-2H3. The first-order chi connectivity index (χ1) is 9.50. The zero-order valence-corrected chi connectivity index (χ0v) is 12.2. The lowest BCUT2D eigenvalue weighted by Gasteiger charge is -2.36. The van der Waals surface area contributed by atoms with Gasteiger partial charge in [0.25, 0.3) is 0 Å². The molecule has 0 amide bonds. The quantitative estimate of drug-likeness (QED) is 0.388. The minimum absolute atomic E-state index is 0.236. The van der Waals surface area contributed by atoms with Gasteiger partial charge in [0.2, 0.25) is 5.79 Å². The van der Waals surface area contributed by atoms with Gasteiger partial charge in [0.15, 0.2) is 6.17 Å². The summed E-state index contributed by atoms with van der Waals surface area (Å²) in [6.07, 6.45) is 9.12. The summed E-state index contributed by atoms with van der Waals surface area (Å²) in [4.78, 5) is 0. The Morgan fingerprint density at radius 1 is 1.30 bits per heavy atom. The van der Waals surface area contributed by atoms with Crippen LogP contribution < -0.4 is 0 Å². The molecule has 2 N–H and O–H groups in total. The molecule has 0 aromatic rings. The highest BCUT2D eigenvalue weighted by molar-refractivity contribution is 6.32. The van der Waals surface area contributed by atoms with E-state index in [4.69, 9.17) is 19.4 Å². The minimum Gasteiger partial charge on any atom is -0.402 e. The predicted octanol–water partition coefficient (Wildman–Crippen LogP) is 2.51. The maximum atomic E-state index is 14.1. The van der Waals surface area contributed by atoms with Crippen LogP contribution in [0.5, 0.6) is 0 Å². The summed E-state index contributed by atoms with van der Waals surface area (Å²) < 4.78 is 24.5. The van der Waals surface area contributed by atoms with Gasteiger partial charge in [-0.15, -0.1) is 0 Å². The first-order valence-corrected chi connectivity index (χ1v) is 7.22. The van der Waals surface area contributed by atoms with Crippen molar-refractivity contribution in [3.05, 3.63) is 24.3 Å². The lowest BCUT2D eigenvalue weighted by Crippen LogP contribution is -2.49. The van der Waals surface area contributed by atoms with Gasteiger partial charge in [-0.25, -0.2) is 4.39 Å². The first kappa shape index (κ1) is 17.4. The fourth-order valence-corrected chi connectivity index (χ4v) is 2.21. The second-order valence-corrected chi connectivity index (χ2v) is 5.09. The lowest BCUT2D eigenvalue weighted by atomic mass is 10.0. The molecule has 0 spiro atoms. The van der Waals surface area contributed by atoms with Crippen LogP contribution in [0.25, 0.3) is 0 Å². The van der Waals surface area contributed by atoms with E-state index >= 15 is 0 Å². The molecule has 0 heterocycles. The SMILES string of the molecule is CCCCCCC(C)OC1(OB(O)O)C=CC=CC1F. The highest BCUT2D eigenvalue weighted by atomic mass is 19.1. The lowest BCUT2D eigenvalue weighted by molar-refractivity contribution is -0.216. The van der Waals surface area contributed by atoms with Crippen molar-refractivity contribution in [1.29, 1.82) is 0 Å². The number of ether oxygens (including phenoxy) is 1. The van der Waals surface area contributed by atoms with Crippen molar-refractivity contribution in [3.8, 4) is 0 Å². The van der Waals surface area contributed by atoms with Crippen LogP contribution in [0, 0.1) is 0 Å². The molecule has 0 saturated carbocycles. The van der Waals surface area contributed by atoms with Crippen molar-refractivity contribution in [2.24, 2.45) is 0 Å². The summed E-state index contributed by atoms with van der Waals surface area (Å²) in [6, 6.07) is 0. The molecule has 1 aliphatic rings. The van der Waals surface area contributed by atoms with E-state index < -0.39 is 19.3 Å². The van der Waals surface area contributed by atoms with E-state index in [1.165, 1.54) is 18.2 Å². The van der Waals surface area contributed by atoms with Gasteiger partial charge in [-0.2, -0.15) is 0 Å². The molecule has 0 aromatic carbocycles. The Bertz CT molecular complexity index is 335. The summed E-state index contributed by atoms with van der Waals surface area (Å²) >= 11 is 0. The maximum Gasteiger partial charge on any atom is 0.636 e. The van der Waals surface area contributed by atoms with Crippen LogP contribution in [-0.2, 0) is 9.39 Å². The highest BCUT2D eigenvalue weighted by Gasteiger charge is 2.43. The molecular formula is C14H24BFO4. The van der Waals surface area contributed by atoms with Crippen molar-refractivity contribution < 1.29 is 23.8 Å². The Morgan fingerprint density at radius 2 is 2.05 bits per heavy atom. The van der Waals surface area contributed by atoms with Gasteiger partial charge >= 0.3 is 7.32 Å². The van der Waals surface area contributed by atoms with Gasteiger partial charge in [0, 0.05) is 0 Å². The van der Waals surface area contributed by atoms with E-state index in [1.54, 1.807) is 6.08 Å². The third-order valence-electron chi connectivity index (χ3n) is 3.24. The Morgan fingerprint density at radius 3 is 2.65 bits per heavy atom. The number of alkyl halides is 1. The Hall–Kier alpha value is -0.685. The second kappa shape index (κ2) is 8.57. The molecular weight excluding hydrogens is 262 g/mol. The summed E-state index contributed by atoms with van der Waals surface area (Å²) in [6.45, 7) is 3.97. The fourth-order valence-electron chi connectivity index (χ4n) is 2.21. The van der Waals surface area contributed by atoms with Crippen LogP contribution >= 0.6 is 0 Å². The average Bonchev–Trinajstić information content (AvgIpc) is 2.37. The summed E-state index contributed by atoms with van der Waals surface area (Å²) in [5.41, 5.74) is 0. The van der Waals surface area contributed by atoms with Crippen molar-refractivity contribution in [2.45, 2.75) is 64.0 Å². The van der Waals surface area contributed by atoms with Crippen molar-refractivity contribution in [2.75, 3.05) is 0 Å². The van der Waals surface area contributed by atoms with Crippen LogP contribution in [-0.4, -0.2) is 35.4 Å².